The van der Waals surface area contributed by atoms with E-state index in [4.69, 9.17) is 10.2 Å². The molecule has 0 atom stereocenters. The lowest BCUT2D eigenvalue weighted by molar-refractivity contribution is -0.139. The Labute approximate surface area is 267 Å². The van der Waals surface area contributed by atoms with E-state index in [0.29, 0.717) is 36.5 Å². The van der Waals surface area contributed by atoms with Crippen LogP contribution < -0.4 is 5.32 Å². The van der Waals surface area contributed by atoms with Gasteiger partial charge in [0.25, 0.3) is 0 Å². The predicted octanol–water partition coefficient (Wildman–Crippen LogP) is 4.59. The molecule has 0 bridgehead atoms. The molecule has 45 heavy (non-hydrogen) atoms. The summed E-state index contributed by atoms with van der Waals surface area (Å²) in [7, 11) is -3.47. The number of piperidine rings is 2. The van der Waals surface area contributed by atoms with Crippen LogP contribution in [-0.2, 0) is 35.7 Å². The maximum absolute atomic E-state index is 14.0. The second kappa shape index (κ2) is 14.6. The number of thioether (sulfide) groups is 1. The Morgan fingerprint density at radius 2 is 1.76 bits per heavy atom. The van der Waals surface area contributed by atoms with Gasteiger partial charge in [-0.15, -0.1) is 11.8 Å². The Hall–Kier alpha value is -2.33. The fourth-order valence-corrected chi connectivity index (χ4v) is 8.48. The third-order valence-electron chi connectivity index (χ3n) is 9.00. The number of likely N-dealkylation sites (tertiary alicyclic amines) is 2. The molecule has 15 heteroatoms. The maximum Gasteiger partial charge on any atom is 0.417 e. The minimum atomic E-state index is -4.49. The normalized spacial score (nSPS) is 19.5. The molecule has 0 unspecified atom stereocenters. The molecule has 0 saturated carbocycles. The largest absolute Gasteiger partial charge is 0.465 e. The lowest BCUT2D eigenvalue weighted by Gasteiger charge is -2.31. The van der Waals surface area contributed by atoms with Crippen molar-refractivity contribution in [2.45, 2.75) is 75.1 Å². The molecule has 250 valence electrons. The van der Waals surface area contributed by atoms with Crippen LogP contribution in [0.4, 0.5) is 18.0 Å². The predicted molar refractivity (Wildman–Crippen MR) is 168 cm³/mol. The summed E-state index contributed by atoms with van der Waals surface area (Å²) in [6, 6.07) is 4.13. The summed E-state index contributed by atoms with van der Waals surface area (Å²) < 4.78 is 70.4. The highest BCUT2D eigenvalue weighted by atomic mass is 32.2. The van der Waals surface area contributed by atoms with Crippen LogP contribution in [0.5, 0.6) is 0 Å². The van der Waals surface area contributed by atoms with Gasteiger partial charge < -0.3 is 20.2 Å². The summed E-state index contributed by atoms with van der Waals surface area (Å²) in [5.41, 5.74) is 2.10. The molecule has 4 heterocycles. The van der Waals surface area contributed by atoms with Crippen molar-refractivity contribution < 1.29 is 31.5 Å². The third kappa shape index (κ3) is 8.93. The molecule has 2 saturated heterocycles. The number of benzene rings is 1. The summed E-state index contributed by atoms with van der Waals surface area (Å²) >= 11 is 1.21. The molecule has 1 aromatic heterocycles. The van der Waals surface area contributed by atoms with Crippen molar-refractivity contribution >= 4 is 27.9 Å². The molecule has 0 spiro atoms. The third-order valence-corrected chi connectivity index (χ3v) is 11.3. The van der Waals surface area contributed by atoms with Crippen LogP contribution in [0.1, 0.15) is 55.3 Å². The maximum atomic E-state index is 14.0. The van der Waals surface area contributed by atoms with E-state index < -0.39 is 27.9 Å². The average molecular weight is 673 g/mol. The first-order valence-corrected chi connectivity index (χ1v) is 18.5. The van der Waals surface area contributed by atoms with Crippen molar-refractivity contribution in [1.82, 2.24) is 29.2 Å². The van der Waals surface area contributed by atoms with Crippen molar-refractivity contribution in [2.75, 3.05) is 57.8 Å². The summed E-state index contributed by atoms with van der Waals surface area (Å²) in [4.78, 5) is 15.7. The number of fused-ring (bicyclic) bond motifs is 1. The van der Waals surface area contributed by atoms with Gasteiger partial charge >= 0.3 is 12.3 Å². The van der Waals surface area contributed by atoms with Crippen molar-refractivity contribution in [3.8, 4) is 11.3 Å². The molecular weight excluding hydrogens is 629 g/mol. The van der Waals surface area contributed by atoms with Crippen LogP contribution in [0, 0.1) is 0 Å². The van der Waals surface area contributed by atoms with Crippen LogP contribution >= 0.6 is 11.8 Å². The van der Waals surface area contributed by atoms with E-state index in [-0.39, 0.29) is 17.5 Å². The van der Waals surface area contributed by atoms with Crippen LogP contribution in [0.2, 0.25) is 0 Å². The van der Waals surface area contributed by atoms with Crippen molar-refractivity contribution in [3.05, 3.63) is 35.0 Å². The number of aryl methyl sites for hydroxylation is 1. The minimum absolute atomic E-state index is 0.0335. The van der Waals surface area contributed by atoms with Gasteiger partial charge in [0.05, 0.1) is 17.5 Å². The Morgan fingerprint density at radius 3 is 2.42 bits per heavy atom. The monoisotopic (exact) mass is 672 g/mol. The topological polar surface area (TPSA) is 111 Å². The van der Waals surface area contributed by atoms with Gasteiger partial charge in [-0.2, -0.15) is 22.6 Å². The first-order chi connectivity index (χ1) is 21.4. The second-order valence-electron chi connectivity index (χ2n) is 12.2. The smallest absolute Gasteiger partial charge is 0.417 e. The van der Waals surface area contributed by atoms with Crippen LogP contribution in [0.25, 0.3) is 11.3 Å². The van der Waals surface area contributed by atoms with Crippen molar-refractivity contribution in [3.63, 3.8) is 0 Å². The zero-order valence-electron chi connectivity index (χ0n) is 25.7. The molecule has 2 aromatic rings. The zero-order valence-corrected chi connectivity index (χ0v) is 27.3. The molecular formula is C30H43F3N6O4S2. The van der Waals surface area contributed by atoms with E-state index in [1.54, 1.807) is 6.07 Å². The number of nitrogens with one attached hydrogen (secondary N) is 1. The second-order valence-corrected chi connectivity index (χ2v) is 15.3. The summed E-state index contributed by atoms with van der Waals surface area (Å²) in [6.45, 7) is 6.12. The van der Waals surface area contributed by atoms with Crippen molar-refractivity contribution in [2.24, 2.45) is 0 Å². The van der Waals surface area contributed by atoms with E-state index in [2.05, 4.69) is 15.1 Å². The number of hydrogen-bond acceptors (Lipinski definition) is 7. The molecule has 3 aliphatic rings. The number of amides is 1. The Morgan fingerprint density at radius 1 is 1.04 bits per heavy atom. The number of nitrogens with zero attached hydrogens (tertiary/aromatic N) is 5. The number of sulfonamides is 1. The van der Waals surface area contributed by atoms with Gasteiger partial charge in [0.1, 0.15) is 0 Å². The lowest BCUT2D eigenvalue weighted by atomic mass is 10.0. The SMILES string of the molecule is CS(=O)(=O)N1CCc2c(c(-c3ccc(C(F)(F)F)c(SCCN4CCCCC4)c3)nn2CCCN2CCC(NC(=O)O)CC2)C1. The number of halogens is 3. The highest BCUT2D eigenvalue weighted by molar-refractivity contribution is 7.99. The number of aromatic nitrogens is 2. The fourth-order valence-electron chi connectivity index (χ4n) is 6.58. The molecule has 0 aliphatic carbocycles. The molecule has 2 fully saturated rings. The minimum Gasteiger partial charge on any atom is -0.465 e. The van der Waals surface area contributed by atoms with Gasteiger partial charge in [0.15, 0.2) is 0 Å². The van der Waals surface area contributed by atoms with Crippen LogP contribution in [0.3, 0.4) is 0 Å². The summed E-state index contributed by atoms with van der Waals surface area (Å²) in [5.74, 6) is 0.546. The molecule has 10 nitrogen and oxygen atoms in total. The molecule has 1 aromatic carbocycles. The first kappa shape index (κ1) is 34.0. The number of alkyl halides is 3. The number of rotatable bonds is 11. The van der Waals surface area contributed by atoms with E-state index >= 15 is 0 Å². The molecule has 0 radical (unpaired) electrons. The van der Waals surface area contributed by atoms with Gasteiger partial charge in [-0.25, -0.2) is 13.2 Å². The number of hydrogen-bond donors (Lipinski definition) is 2. The standard InChI is InChI=1S/C30H43F3N6O4S2/c1-45(42,43)38-17-10-26-24(21-38)28(35-39(26)14-5-13-37-15-8-23(9-16-37)34-29(40)41)22-6-7-25(30(31,32)33)27(20-22)44-19-18-36-11-3-2-4-12-36/h6-7,20,23,34H,2-5,8-19,21H2,1H3,(H,40,41). The quantitative estimate of drug-likeness (QED) is 0.334. The lowest BCUT2D eigenvalue weighted by Crippen LogP contribution is -2.44. The molecule has 2 N–H and O–H groups in total. The van der Waals surface area contributed by atoms with Crippen LogP contribution in [0.15, 0.2) is 23.1 Å². The number of carboxylic acid groups (broad SMARTS) is 1. The zero-order chi connectivity index (χ0) is 32.2. The van der Waals surface area contributed by atoms with E-state index in [9.17, 15) is 26.4 Å². The molecule has 3 aliphatic heterocycles. The highest BCUT2D eigenvalue weighted by Crippen LogP contribution is 2.40. The van der Waals surface area contributed by atoms with E-state index in [1.165, 1.54) is 34.8 Å². The summed E-state index contributed by atoms with van der Waals surface area (Å²) in [6.07, 6.45) is 1.88. The van der Waals surface area contributed by atoms with Gasteiger partial charge in [-0.05, 0) is 63.9 Å². The van der Waals surface area contributed by atoms with Gasteiger partial charge in [0, 0.05) is 79.2 Å². The number of carbonyl (C=O) groups is 1. The van der Waals surface area contributed by atoms with Gasteiger partial charge in [-0.3, -0.25) is 4.68 Å². The highest BCUT2D eigenvalue weighted by Gasteiger charge is 2.35. The van der Waals surface area contributed by atoms with Gasteiger partial charge in [0.2, 0.25) is 10.0 Å². The Kier molecular flexibility index (Phi) is 11.0. The van der Waals surface area contributed by atoms with Crippen molar-refractivity contribution in [1.29, 1.82) is 0 Å². The van der Waals surface area contributed by atoms with Gasteiger partial charge in [-0.1, -0.05) is 12.5 Å². The fraction of sp³-hybridized carbons (Fsp3) is 0.667. The first-order valence-electron chi connectivity index (χ1n) is 15.7. The molecule has 1 amide bonds. The van der Waals surface area contributed by atoms with E-state index in [0.717, 1.165) is 88.7 Å². The van der Waals surface area contributed by atoms with Crippen LogP contribution in [-0.4, -0.2) is 107 Å². The Balaban J connectivity index is 1.35. The summed E-state index contributed by atoms with van der Waals surface area (Å²) in [5, 5.41) is 16.4. The average Bonchev–Trinajstić information content (AvgIpc) is 3.35. The Bertz CT molecular complexity index is 1440. The van der Waals surface area contributed by atoms with E-state index in [1.807, 2.05) is 4.68 Å². The molecule has 5 rings (SSSR count).